The van der Waals surface area contributed by atoms with E-state index in [1.54, 1.807) is 0 Å². The third-order valence-corrected chi connectivity index (χ3v) is 5.74. The van der Waals surface area contributed by atoms with Gasteiger partial charge >= 0.3 is 0 Å². The van der Waals surface area contributed by atoms with E-state index < -0.39 is 0 Å². The van der Waals surface area contributed by atoms with Crippen molar-refractivity contribution in [2.45, 2.75) is 44.6 Å². The summed E-state index contributed by atoms with van der Waals surface area (Å²) in [4.78, 5) is 17.0. The van der Waals surface area contributed by atoms with Gasteiger partial charge in [0.25, 0.3) is 0 Å². The molecule has 3 rings (SSSR count). The first-order valence-electron chi connectivity index (χ1n) is 9.06. The number of hydrogen-bond donors (Lipinski definition) is 1. The summed E-state index contributed by atoms with van der Waals surface area (Å²) in [6, 6.07) is 0.249. The monoisotopic (exact) mass is 309 g/mol. The van der Waals surface area contributed by atoms with Crippen LogP contribution in [0, 0.1) is 11.8 Å². The molecule has 0 bridgehead atoms. The normalized spacial score (nSPS) is 31.6. The van der Waals surface area contributed by atoms with Gasteiger partial charge < -0.3 is 15.4 Å². The summed E-state index contributed by atoms with van der Waals surface area (Å²) in [5.74, 6) is 1.54. The molecule has 0 unspecified atom stereocenters. The van der Waals surface area contributed by atoms with Gasteiger partial charge in [-0.1, -0.05) is 6.42 Å². The lowest BCUT2D eigenvalue weighted by molar-refractivity contribution is -0.134. The maximum atomic E-state index is 12.4. The van der Waals surface area contributed by atoms with Crippen molar-refractivity contribution >= 4 is 5.91 Å². The second-order valence-electron chi connectivity index (χ2n) is 7.30. The van der Waals surface area contributed by atoms with E-state index in [4.69, 9.17) is 10.5 Å². The summed E-state index contributed by atoms with van der Waals surface area (Å²) < 4.78 is 5.43. The maximum absolute atomic E-state index is 12.4. The van der Waals surface area contributed by atoms with Crippen LogP contribution in [0.15, 0.2) is 0 Å². The van der Waals surface area contributed by atoms with Gasteiger partial charge in [-0.15, -0.1) is 0 Å². The first-order chi connectivity index (χ1) is 10.7. The highest BCUT2D eigenvalue weighted by atomic mass is 16.5. The summed E-state index contributed by atoms with van der Waals surface area (Å²) in [6.07, 6.45) is 6.48. The number of nitrogens with zero attached hydrogens (tertiary/aromatic N) is 2. The van der Waals surface area contributed by atoms with Crippen LogP contribution in [0.5, 0.6) is 0 Å². The van der Waals surface area contributed by atoms with Crippen LogP contribution in [0.1, 0.15) is 38.5 Å². The van der Waals surface area contributed by atoms with E-state index in [9.17, 15) is 4.79 Å². The quantitative estimate of drug-likeness (QED) is 0.844. The van der Waals surface area contributed by atoms with Crippen LogP contribution in [0.3, 0.4) is 0 Å². The number of carbonyl (C=O) groups is 1. The average molecular weight is 309 g/mol. The van der Waals surface area contributed by atoms with Crippen molar-refractivity contribution in [3.8, 4) is 0 Å². The smallest absolute Gasteiger partial charge is 0.222 e. The molecule has 126 valence electrons. The van der Waals surface area contributed by atoms with E-state index in [1.165, 1.54) is 25.8 Å². The van der Waals surface area contributed by atoms with Gasteiger partial charge in [0, 0.05) is 58.4 Å². The van der Waals surface area contributed by atoms with Gasteiger partial charge in [-0.3, -0.25) is 9.69 Å². The number of piperazine rings is 1. The molecule has 0 spiro atoms. The number of ether oxygens (including phenoxy) is 1. The predicted octanol–water partition coefficient (Wildman–Crippen LogP) is 1.07. The number of rotatable bonds is 4. The number of hydrogen-bond acceptors (Lipinski definition) is 4. The summed E-state index contributed by atoms with van der Waals surface area (Å²) in [6.45, 7) is 6.86. The van der Waals surface area contributed by atoms with Gasteiger partial charge in [0.2, 0.25) is 5.91 Å². The van der Waals surface area contributed by atoms with Gasteiger partial charge in [-0.05, 0) is 37.5 Å². The molecule has 2 saturated heterocycles. The Morgan fingerprint density at radius 2 is 1.77 bits per heavy atom. The first kappa shape index (κ1) is 16.2. The third-order valence-electron chi connectivity index (χ3n) is 5.74. The molecule has 0 aromatic heterocycles. The molecule has 3 aliphatic rings. The van der Waals surface area contributed by atoms with E-state index in [-0.39, 0.29) is 6.04 Å². The van der Waals surface area contributed by atoms with E-state index in [0.717, 1.165) is 58.2 Å². The molecule has 22 heavy (non-hydrogen) atoms. The zero-order valence-corrected chi connectivity index (χ0v) is 13.7. The van der Waals surface area contributed by atoms with Crippen LogP contribution in [-0.2, 0) is 9.53 Å². The van der Waals surface area contributed by atoms with E-state index >= 15 is 0 Å². The molecule has 1 saturated carbocycles. The summed E-state index contributed by atoms with van der Waals surface area (Å²) in [7, 11) is 0. The largest absolute Gasteiger partial charge is 0.381 e. The van der Waals surface area contributed by atoms with Gasteiger partial charge in [0.15, 0.2) is 0 Å². The van der Waals surface area contributed by atoms with Gasteiger partial charge in [0.1, 0.15) is 0 Å². The topological polar surface area (TPSA) is 58.8 Å². The zero-order valence-electron chi connectivity index (χ0n) is 13.7. The number of carbonyl (C=O) groups excluding carboxylic acids is 1. The fourth-order valence-electron chi connectivity index (χ4n) is 4.15. The highest BCUT2D eigenvalue weighted by Crippen LogP contribution is 2.27. The van der Waals surface area contributed by atoms with Crippen LogP contribution in [0.4, 0.5) is 0 Å². The molecule has 2 N–H and O–H groups in total. The lowest BCUT2D eigenvalue weighted by Gasteiger charge is -2.37. The summed E-state index contributed by atoms with van der Waals surface area (Å²) in [5, 5.41) is 0. The molecule has 3 fully saturated rings. The predicted molar refractivity (Wildman–Crippen MR) is 86.5 cm³/mol. The molecule has 5 nitrogen and oxygen atoms in total. The molecule has 0 aromatic carbocycles. The minimum atomic E-state index is 0.249. The average Bonchev–Trinajstić information content (AvgIpc) is 2.94. The van der Waals surface area contributed by atoms with Crippen LogP contribution >= 0.6 is 0 Å². The van der Waals surface area contributed by atoms with Crippen molar-refractivity contribution in [1.82, 2.24) is 9.80 Å². The second kappa shape index (κ2) is 7.75. The van der Waals surface area contributed by atoms with Crippen molar-refractivity contribution in [1.29, 1.82) is 0 Å². The molecular weight excluding hydrogens is 278 g/mol. The van der Waals surface area contributed by atoms with Crippen molar-refractivity contribution in [2.24, 2.45) is 17.6 Å². The highest BCUT2D eigenvalue weighted by Gasteiger charge is 2.29. The Morgan fingerprint density at radius 1 is 1.05 bits per heavy atom. The van der Waals surface area contributed by atoms with Crippen LogP contribution < -0.4 is 5.73 Å². The van der Waals surface area contributed by atoms with Gasteiger partial charge in [-0.25, -0.2) is 0 Å². The van der Waals surface area contributed by atoms with Crippen molar-refractivity contribution in [3.05, 3.63) is 0 Å². The van der Waals surface area contributed by atoms with Crippen LogP contribution in [0.25, 0.3) is 0 Å². The molecular formula is C17H31N3O2. The fourth-order valence-corrected chi connectivity index (χ4v) is 4.15. The fraction of sp³-hybridized carbons (Fsp3) is 0.941. The number of amides is 1. The van der Waals surface area contributed by atoms with Crippen LogP contribution in [0.2, 0.25) is 0 Å². The van der Waals surface area contributed by atoms with Gasteiger partial charge in [0.05, 0.1) is 0 Å². The Bertz CT molecular complexity index is 363. The lowest BCUT2D eigenvalue weighted by Crippen LogP contribution is -2.50. The Hall–Kier alpha value is -0.650. The summed E-state index contributed by atoms with van der Waals surface area (Å²) in [5.41, 5.74) is 6.09. The van der Waals surface area contributed by atoms with Crippen LogP contribution in [-0.4, -0.2) is 67.7 Å². The molecule has 2 atom stereocenters. The molecule has 2 aliphatic heterocycles. The molecule has 1 amide bonds. The maximum Gasteiger partial charge on any atom is 0.222 e. The first-order valence-corrected chi connectivity index (χ1v) is 9.06. The minimum Gasteiger partial charge on any atom is -0.381 e. The Labute approximate surface area is 134 Å². The number of nitrogens with two attached hydrogens (primary N) is 1. The van der Waals surface area contributed by atoms with E-state index in [2.05, 4.69) is 9.80 Å². The Kier molecular flexibility index (Phi) is 5.71. The molecule has 0 aromatic rings. The van der Waals surface area contributed by atoms with E-state index in [1.807, 2.05) is 0 Å². The summed E-state index contributed by atoms with van der Waals surface area (Å²) >= 11 is 0. The third kappa shape index (κ3) is 4.21. The Balaban J connectivity index is 1.38. The molecule has 1 aliphatic carbocycles. The highest BCUT2D eigenvalue weighted by molar-refractivity contribution is 5.76. The minimum absolute atomic E-state index is 0.249. The lowest BCUT2D eigenvalue weighted by atomic mass is 9.98. The molecule has 0 radical (unpaired) electrons. The zero-order chi connectivity index (χ0) is 15.4. The molecule has 2 heterocycles. The standard InChI is InChI=1S/C17H31N3O2/c18-16-3-1-2-15(16)12-17(21)20-8-6-19(7-9-20)13-14-4-10-22-11-5-14/h14-16H,1-13,18H2/t15-,16+/m0/s1. The van der Waals surface area contributed by atoms with Crippen molar-refractivity contribution < 1.29 is 9.53 Å². The second-order valence-corrected chi connectivity index (χ2v) is 7.30. The van der Waals surface area contributed by atoms with E-state index in [0.29, 0.717) is 18.2 Å². The van der Waals surface area contributed by atoms with Gasteiger partial charge in [-0.2, -0.15) is 0 Å². The van der Waals surface area contributed by atoms with Crippen molar-refractivity contribution in [3.63, 3.8) is 0 Å². The SMILES string of the molecule is N[C@@H]1CCC[C@H]1CC(=O)N1CCN(CC2CCOCC2)CC1. The Morgan fingerprint density at radius 3 is 2.41 bits per heavy atom. The molecule has 5 heteroatoms. The van der Waals surface area contributed by atoms with Crippen molar-refractivity contribution in [2.75, 3.05) is 45.9 Å².